The Hall–Kier alpha value is -1.10. The number of carbonyl (C=O) groups is 2. The van der Waals surface area contributed by atoms with E-state index in [9.17, 15) is 14.7 Å². The minimum absolute atomic E-state index is 0.0148. The van der Waals surface area contributed by atoms with Crippen LogP contribution in [0.25, 0.3) is 0 Å². The largest absolute Gasteiger partial charge is 0.465 e. The monoisotopic (exact) mass is 625 g/mol. The van der Waals surface area contributed by atoms with Crippen molar-refractivity contribution in [3.8, 4) is 0 Å². The summed E-state index contributed by atoms with van der Waals surface area (Å²) in [6, 6.07) is 0. The SMILES string of the molecule is CCCCCCCCC(CCCCCC)C(=O)OCC(CCCCO)COC(=O)C(CCCCCC)CCCCCCCC. The van der Waals surface area contributed by atoms with Gasteiger partial charge in [-0.3, -0.25) is 9.59 Å². The molecule has 5 nitrogen and oxygen atoms in total. The first-order valence-electron chi connectivity index (χ1n) is 19.5. The molecule has 0 bridgehead atoms. The van der Waals surface area contributed by atoms with E-state index in [4.69, 9.17) is 9.47 Å². The molecule has 2 atom stereocenters. The van der Waals surface area contributed by atoms with E-state index in [1.807, 2.05) is 0 Å². The van der Waals surface area contributed by atoms with Crippen LogP contribution in [0.2, 0.25) is 0 Å². The zero-order valence-electron chi connectivity index (χ0n) is 30.0. The van der Waals surface area contributed by atoms with E-state index in [1.54, 1.807) is 0 Å². The van der Waals surface area contributed by atoms with Gasteiger partial charge >= 0.3 is 11.9 Å². The van der Waals surface area contributed by atoms with Crippen molar-refractivity contribution >= 4 is 11.9 Å². The fraction of sp³-hybridized carbons (Fsp3) is 0.949. The molecule has 0 amide bonds. The third-order valence-corrected chi connectivity index (χ3v) is 9.23. The van der Waals surface area contributed by atoms with Gasteiger partial charge in [-0.25, -0.2) is 0 Å². The Balaban J connectivity index is 5.04. The summed E-state index contributed by atoms with van der Waals surface area (Å²) < 4.78 is 11.9. The highest BCUT2D eigenvalue weighted by molar-refractivity contribution is 5.73. The fourth-order valence-corrected chi connectivity index (χ4v) is 6.13. The second-order valence-corrected chi connectivity index (χ2v) is 13.6. The standard InChI is InChI=1S/C39H76O5/c1-5-9-13-17-19-23-30-36(28-21-15-11-7-3)38(41)43-33-35(27-25-26-32-40)34-44-39(42)37(29-22-16-12-8-4)31-24-20-18-14-10-6-2/h35-37,40H,5-34H2,1-4H3. The molecule has 0 heterocycles. The number of esters is 2. The van der Waals surface area contributed by atoms with Gasteiger partial charge in [0.2, 0.25) is 0 Å². The molecule has 5 heteroatoms. The average molecular weight is 625 g/mol. The Bertz CT molecular complexity index is 574. The van der Waals surface area contributed by atoms with Crippen LogP contribution < -0.4 is 0 Å². The Labute approximate surface area is 274 Å². The van der Waals surface area contributed by atoms with Crippen molar-refractivity contribution in [2.24, 2.45) is 17.8 Å². The van der Waals surface area contributed by atoms with Gasteiger partial charge in [0.05, 0.1) is 25.0 Å². The van der Waals surface area contributed by atoms with E-state index in [1.165, 1.54) is 103 Å². The van der Waals surface area contributed by atoms with Crippen molar-refractivity contribution in [3.63, 3.8) is 0 Å². The number of aliphatic hydroxyl groups excluding tert-OH is 1. The number of hydrogen-bond donors (Lipinski definition) is 1. The highest BCUT2D eigenvalue weighted by atomic mass is 16.5. The molecule has 1 N–H and O–H groups in total. The number of carbonyl (C=O) groups excluding carboxylic acids is 2. The van der Waals surface area contributed by atoms with Gasteiger partial charge in [-0.05, 0) is 38.5 Å². The summed E-state index contributed by atoms with van der Waals surface area (Å²) in [4.78, 5) is 26.5. The maximum atomic E-state index is 13.3. The first-order valence-corrected chi connectivity index (χ1v) is 19.5. The lowest BCUT2D eigenvalue weighted by Crippen LogP contribution is -2.26. The minimum Gasteiger partial charge on any atom is -0.465 e. The summed E-state index contributed by atoms with van der Waals surface area (Å²) in [5.74, 6) is -0.193. The van der Waals surface area contributed by atoms with Gasteiger partial charge in [0.25, 0.3) is 0 Å². The van der Waals surface area contributed by atoms with Crippen LogP contribution in [-0.4, -0.2) is 36.9 Å². The molecular formula is C39H76O5. The lowest BCUT2D eigenvalue weighted by atomic mass is 9.94. The fourth-order valence-electron chi connectivity index (χ4n) is 6.13. The predicted octanol–water partition coefficient (Wildman–Crippen LogP) is 11.5. The van der Waals surface area contributed by atoms with E-state index in [0.29, 0.717) is 19.6 Å². The van der Waals surface area contributed by atoms with E-state index in [2.05, 4.69) is 27.7 Å². The normalized spacial score (nSPS) is 13.5. The summed E-state index contributed by atoms with van der Waals surface area (Å²) >= 11 is 0. The maximum absolute atomic E-state index is 13.3. The third kappa shape index (κ3) is 26.1. The van der Waals surface area contributed by atoms with Crippen LogP contribution >= 0.6 is 0 Å². The number of unbranched alkanes of at least 4 members (excludes halogenated alkanes) is 17. The Morgan fingerprint density at radius 3 is 1.07 bits per heavy atom. The molecule has 0 aromatic rings. The molecule has 0 aromatic heterocycles. The van der Waals surface area contributed by atoms with Crippen molar-refractivity contribution in [1.82, 2.24) is 0 Å². The highest BCUT2D eigenvalue weighted by Crippen LogP contribution is 2.23. The second kappa shape index (κ2) is 33.3. The summed E-state index contributed by atoms with van der Waals surface area (Å²) in [6.45, 7) is 9.68. The minimum atomic E-state index is -0.0644. The van der Waals surface area contributed by atoms with E-state index in [-0.39, 0.29) is 36.3 Å². The van der Waals surface area contributed by atoms with Gasteiger partial charge in [-0.2, -0.15) is 0 Å². The Morgan fingerprint density at radius 2 is 0.727 bits per heavy atom. The number of ether oxygens (including phenoxy) is 2. The van der Waals surface area contributed by atoms with Crippen LogP contribution in [-0.2, 0) is 19.1 Å². The molecule has 0 aromatic carbocycles. The molecular weight excluding hydrogens is 548 g/mol. The van der Waals surface area contributed by atoms with Crippen LogP contribution in [0.3, 0.4) is 0 Å². The van der Waals surface area contributed by atoms with Gasteiger partial charge in [0.15, 0.2) is 0 Å². The summed E-state index contributed by atoms with van der Waals surface area (Å²) in [5.41, 5.74) is 0. The van der Waals surface area contributed by atoms with Crippen LogP contribution in [0.5, 0.6) is 0 Å². The summed E-state index contributed by atoms with van der Waals surface area (Å²) in [6.07, 6.45) is 30.1. The van der Waals surface area contributed by atoms with E-state index >= 15 is 0 Å². The molecule has 0 aliphatic rings. The van der Waals surface area contributed by atoms with E-state index < -0.39 is 0 Å². The van der Waals surface area contributed by atoms with Gasteiger partial charge in [0, 0.05) is 12.5 Å². The lowest BCUT2D eigenvalue weighted by molar-refractivity contribution is -0.155. The molecule has 2 unspecified atom stereocenters. The predicted molar refractivity (Wildman–Crippen MR) is 187 cm³/mol. The van der Waals surface area contributed by atoms with Crippen molar-refractivity contribution in [2.45, 2.75) is 201 Å². The van der Waals surface area contributed by atoms with Crippen molar-refractivity contribution in [3.05, 3.63) is 0 Å². The van der Waals surface area contributed by atoms with Crippen LogP contribution in [0, 0.1) is 17.8 Å². The number of aliphatic hydroxyl groups is 1. The number of hydrogen-bond acceptors (Lipinski definition) is 5. The van der Waals surface area contributed by atoms with Crippen LogP contribution in [0.1, 0.15) is 201 Å². The molecule has 44 heavy (non-hydrogen) atoms. The van der Waals surface area contributed by atoms with Crippen LogP contribution in [0.4, 0.5) is 0 Å². The summed E-state index contributed by atoms with van der Waals surface area (Å²) in [7, 11) is 0. The number of rotatable bonds is 34. The second-order valence-electron chi connectivity index (χ2n) is 13.6. The van der Waals surface area contributed by atoms with Crippen LogP contribution in [0.15, 0.2) is 0 Å². The molecule has 0 rings (SSSR count). The molecule has 0 saturated carbocycles. The quantitative estimate of drug-likeness (QED) is 0.0569. The molecule has 0 fully saturated rings. The molecule has 262 valence electrons. The van der Waals surface area contributed by atoms with Gasteiger partial charge in [-0.1, -0.05) is 163 Å². The zero-order valence-corrected chi connectivity index (χ0v) is 30.0. The Morgan fingerprint density at radius 1 is 0.432 bits per heavy atom. The topological polar surface area (TPSA) is 72.8 Å². The van der Waals surface area contributed by atoms with Crippen molar-refractivity contribution in [1.29, 1.82) is 0 Å². The van der Waals surface area contributed by atoms with Gasteiger partial charge < -0.3 is 14.6 Å². The van der Waals surface area contributed by atoms with E-state index in [0.717, 1.165) is 64.2 Å². The molecule has 0 spiro atoms. The first-order chi connectivity index (χ1) is 21.5. The third-order valence-electron chi connectivity index (χ3n) is 9.23. The Kier molecular flexibility index (Phi) is 32.4. The molecule has 0 radical (unpaired) electrons. The smallest absolute Gasteiger partial charge is 0.308 e. The molecule has 0 aliphatic heterocycles. The van der Waals surface area contributed by atoms with Crippen molar-refractivity contribution < 1.29 is 24.2 Å². The highest BCUT2D eigenvalue weighted by Gasteiger charge is 2.24. The molecule has 0 saturated heterocycles. The zero-order chi connectivity index (χ0) is 32.5. The maximum Gasteiger partial charge on any atom is 0.308 e. The van der Waals surface area contributed by atoms with Gasteiger partial charge in [0.1, 0.15) is 0 Å². The lowest BCUT2D eigenvalue weighted by Gasteiger charge is -2.22. The first kappa shape index (κ1) is 42.9. The summed E-state index contributed by atoms with van der Waals surface area (Å²) in [5, 5.41) is 9.33. The van der Waals surface area contributed by atoms with Crippen molar-refractivity contribution in [2.75, 3.05) is 19.8 Å². The average Bonchev–Trinajstić information content (AvgIpc) is 3.03. The molecule has 0 aliphatic carbocycles. The van der Waals surface area contributed by atoms with Gasteiger partial charge in [-0.15, -0.1) is 0 Å².